The Balaban J connectivity index is 1.60. The molecule has 0 bridgehead atoms. The molecule has 5 nitrogen and oxygen atoms in total. The first kappa shape index (κ1) is 19.7. The summed E-state index contributed by atoms with van der Waals surface area (Å²) in [6, 6.07) is 11.4. The van der Waals surface area contributed by atoms with Crippen LogP contribution < -0.4 is 10.2 Å². The highest BCUT2D eigenvalue weighted by Gasteiger charge is 2.30. The molecule has 0 aliphatic carbocycles. The number of Topliss-reactive ketones (excluding diaryl/α,β-unsaturated/α-hetero) is 1. The average Bonchev–Trinajstić information content (AvgIpc) is 2.68. The molecule has 3 rings (SSSR count). The number of benzene rings is 2. The topological polar surface area (TPSA) is 52.7 Å². The molecule has 2 amide bonds. The van der Waals surface area contributed by atoms with Gasteiger partial charge in [0.15, 0.2) is 5.78 Å². The van der Waals surface area contributed by atoms with Gasteiger partial charge in [0.25, 0.3) is 0 Å². The van der Waals surface area contributed by atoms with Crippen molar-refractivity contribution < 1.29 is 22.8 Å². The van der Waals surface area contributed by atoms with Crippen LogP contribution in [0.3, 0.4) is 0 Å². The van der Waals surface area contributed by atoms with E-state index in [4.69, 9.17) is 0 Å². The molecule has 0 aromatic heterocycles. The molecular weight excluding hydrogens is 371 g/mol. The molecule has 8 heteroatoms. The summed E-state index contributed by atoms with van der Waals surface area (Å²) in [5.41, 5.74) is 0.838. The second kappa shape index (κ2) is 7.92. The molecule has 1 aliphatic rings. The van der Waals surface area contributed by atoms with E-state index in [0.717, 1.165) is 17.8 Å². The van der Waals surface area contributed by atoms with Gasteiger partial charge in [-0.15, -0.1) is 0 Å². The quantitative estimate of drug-likeness (QED) is 0.796. The van der Waals surface area contributed by atoms with E-state index in [2.05, 4.69) is 10.2 Å². The van der Waals surface area contributed by atoms with Gasteiger partial charge in [-0.3, -0.25) is 4.79 Å². The van der Waals surface area contributed by atoms with Crippen LogP contribution in [0, 0.1) is 0 Å². The Bertz CT molecular complexity index is 875. The lowest BCUT2D eigenvalue weighted by Gasteiger charge is -2.36. The molecule has 1 N–H and O–H groups in total. The summed E-state index contributed by atoms with van der Waals surface area (Å²) in [6.45, 7) is 3.49. The lowest BCUT2D eigenvalue weighted by molar-refractivity contribution is -0.137. The number of alkyl halides is 3. The summed E-state index contributed by atoms with van der Waals surface area (Å²) < 4.78 is 38.4. The Hall–Kier alpha value is -3.03. The van der Waals surface area contributed by atoms with Gasteiger partial charge in [-0.05, 0) is 37.3 Å². The summed E-state index contributed by atoms with van der Waals surface area (Å²) in [5, 5.41) is 2.53. The van der Waals surface area contributed by atoms with Crippen LogP contribution in [-0.4, -0.2) is 42.9 Å². The van der Waals surface area contributed by atoms with Crippen LogP contribution in [0.25, 0.3) is 0 Å². The molecule has 2 aromatic carbocycles. The molecule has 1 aliphatic heterocycles. The largest absolute Gasteiger partial charge is 0.416 e. The Morgan fingerprint density at radius 1 is 0.964 bits per heavy atom. The Morgan fingerprint density at radius 2 is 1.64 bits per heavy atom. The van der Waals surface area contributed by atoms with Crippen LogP contribution in [0.1, 0.15) is 22.8 Å². The smallest absolute Gasteiger partial charge is 0.368 e. The van der Waals surface area contributed by atoms with Gasteiger partial charge in [0.05, 0.1) is 5.56 Å². The lowest BCUT2D eigenvalue weighted by atomic mass is 10.1. The second-order valence-corrected chi connectivity index (χ2v) is 6.59. The SMILES string of the molecule is CC(=O)c1cccc(N2CCN(C(=O)Nc3cccc(C(F)(F)F)c3)CC2)c1. The molecule has 0 spiro atoms. The van der Waals surface area contributed by atoms with Gasteiger partial charge in [0.2, 0.25) is 0 Å². The first-order chi connectivity index (χ1) is 13.2. The third-order valence-corrected chi connectivity index (χ3v) is 4.63. The van der Waals surface area contributed by atoms with E-state index in [1.807, 2.05) is 18.2 Å². The molecule has 0 saturated carbocycles. The zero-order chi connectivity index (χ0) is 20.3. The number of amides is 2. The molecule has 0 atom stereocenters. The van der Waals surface area contributed by atoms with Gasteiger partial charge in [-0.2, -0.15) is 13.2 Å². The van der Waals surface area contributed by atoms with Gasteiger partial charge in [0, 0.05) is 43.1 Å². The average molecular weight is 391 g/mol. The number of carbonyl (C=O) groups is 2. The van der Waals surface area contributed by atoms with Crippen LogP contribution in [0.5, 0.6) is 0 Å². The van der Waals surface area contributed by atoms with E-state index in [9.17, 15) is 22.8 Å². The molecule has 1 fully saturated rings. The highest BCUT2D eigenvalue weighted by Crippen LogP contribution is 2.30. The minimum absolute atomic E-state index is 0.0130. The monoisotopic (exact) mass is 391 g/mol. The minimum atomic E-state index is -4.46. The summed E-state index contributed by atoms with van der Waals surface area (Å²) in [5.74, 6) is -0.0130. The van der Waals surface area contributed by atoms with Crippen molar-refractivity contribution >= 4 is 23.2 Å². The number of anilines is 2. The van der Waals surface area contributed by atoms with Crippen molar-refractivity contribution in [3.05, 3.63) is 59.7 Å². The first-order valence-electron chi connectivity index (χ1n) is 8.83. The molecule has 28 heavy (non-hydrogen) atoms. The first-order valence-corrected chi connectivity index (χ1v) is 8.83. The summed E-state index contributed by atoms with van der Waals surface area (Å²) in [7, 11) is 0. The van der Waals surface area contributed by atoms with Crippen molar-refractivity contribution in [2.24, 2.45) is 0 Å². The molecular formula is C20H20F3N3O2. The predicted octanol–water partition coefficient (Wildman–Crippen LogP) is 4.26. The van der Waals surface area contributed by atoms with Gasteiger partial charge >= 0.3 is 12.2 Å². The fraction of sp³-hybridized carbons (Fsp3) is 0.300. The number of hydrogen-bond donors (Lipinski definition) is 1. The van der Waals surface area contributed by atoms with Crippen LogP contribution in [0.15, 0.2) is 48.5 Å². The molecule has 0 unspecified atom stereocenters. The van der Waals surface area contributed by atoms with Crippen LogP contribution in [0.4, 0.5) is 29.3 Å². The Labute approximate surface area is 160 Å². The van der Waals surface area contributed by atoms with E-state index >= 15 is 0 Å². The third kappa shape index (κ3) is 4.62. The number of ketones is 1. The van der Waals surface area contributed by atoms with Gasteiger partial charge in [-0.1, -0.05) is 18.2 Å². The van der Waals surface area contributed by atoms with Crippen molar-refractivity contribution in [2.45, 2.75) is 13.1 Å². The van der Waals surface area contributed by atoms with Gasteiger partial charge < -0.3 is 15.1 Å². The minimum Gasteiger partial charge on any atom is -0.368 e. The number of nitrogens with zero attached hydrogens (tertiary/aromatic N) is 2. The Morgan fingerprint density at radius 3 is 2.29 bits per heavy atom. The van der Waals surface area contributed by atoms with Crippen molar-refractivity contribution in [3.63, 3.8) is 0 Å². The molecule has 0 radical (unpaired) electrons. The van der Waals surface area contributed by atoms with E-state index in [0.29, 0.717) is 31.7 Å². The molecule has 1 heterocycles. The molecule has 2 aromatic rings. The van der Waals surface area contributed by atoms with Crippen LogP contribution >= 0.6 is 0 Å². The highest BCUT2D eigenvalue weighted by molar-refractivity contribution is 5.95. The predicted molar refractivity (Wildman–Crippen MR) is 101 cm³/mol. The lowest BCUT2D eigenvalue weighted by Crippen LogP contribution is -2.50. The molecule has 1 saturated heterocycles. The van der Waals surface area contributed by atoms with Gasteiger partial charge in [-0.25, -0.2) is 4.79 Å². The number of nitrogens with one attached hydrogen (secondary N) is 1. The summed E-state index contributed by atoms with van der Waals surface area (Å²) in [6.07, 6.45) is -4.46. The van der Waals surface area contributed by atoms with Crippen molar-refractivity contribution in [3.8, 4) is 0 Å². The fourth-order valence-electron chi connectivity index (χ4n) is 3.07. The zero-order valence-corrected chi connectivity index (χ0v) is 15.3. The van der Waals surface area contributed by atoms with E-state index in [1.54, 1.807) is 11.0 Å². The van der Waals surface area contributed by atoms with Gasteiger partial charge in [0.1, 0.15) is 0 Å². The standard InChI is InChI=1S/C20H20F3N3O2/c1-14(27)15-4-2-7-18(12-15)25-8-10-26(11-9-25)19(28)24-17-6-3-5-16(13-17)20(21,22)23/h2-7,12-13H,8-11H2,1H3,(H,24,28). The Kier molecular flexibility index (Phi) is 5.58. The van der Waals surface area contributed by atoms with Crippen molar-refractivity contribution in [1.82, 2.24) is 4.90 Å². The van der Waals surface area contributed by atoms with Crippen LogP contribution in [-0.2, 0) is 6.18 Å². The number of rotatable bonds is 3. The number of piperazine rings is 1. The number of halogens is 3. The van der Waals surface area contributed by atoms with E-state index in [1.165, 1.54) is 19.1 Å². The number of carbonyl (C=O) groups excluding carboxylic acids is 2. The maximum absolute atomic E-state index is 12.8. The van der Waals surface area contributed by atoms with Crippen LogP contribution in [0.2, 0.25) is 0 Å². The summed E-state index contributed by atoms with van der Waals surface area (Å²) >= 11 is 0. The van der Waals surface area contributed by atoms with Crippen molar-refractivity contribution in [2.75, 3.05) is 36.4 Å². The number of urea groups is 1. The highest BCUT2D eigenvalue weighted by atomic mass is 19.4. The maximum Gasteiger partial charge on any atom is 0.416 e. The van der Waals surface area contributed by atoms with Crippen molar-refractivity contribution in [1.29, 1.82) is 0 Å². The zero-order valence-electron chi connectivity index (χ0n) is 15.3. The normalized spacial score (nSPS) is 14.7. The number of hydrogen-bond acceptors (Lipinski definition) is 3. The van der Waals surface area contributed by atoms with E-state index in [-0.39, 0.29) is 11.5 Å². The fourth-order valence-corrected chi connectivity index (χ4v) is 3.07. The van der Waals surface area contributed by atoms with E-state index < -0.39 is 17.8 Å². The summed E-state index contributed by atoms with van der Waals surface area (Å²) in [4.78, 5) is 27.5. The third-order valence-electron chi connectivity index (χ3n) is 4.63. The second-order valence-electron chi connectivity index (χ2n) is 6.59. The molecule has 148 valence electrons. The maximum atomic E-state index is 12.8.